The van der Waals surface area contributed by atoms with E-state index < -0.39 is 0 Å². The second-order valence-corrected chi connectivity index (χ2v) is 6.91. The summed E-state index contributed by atoms with van der Waals surface area (Å²) in [6, 6.07) is 21.0. The lowest BCUT2D eigenvalue weighted by Crippen LogP contribution is -2.40. The average molecular weight is 389 g/mol. The molecule has 3 aromatic carbocycles. The number of nitrogens with one attached hydrogen (secondary N) is 2. The Bertz CT molecular complexity index is 1010. The van der Waals surface area contributed by atoms with Crippen LogP contribution in [0, 0.1) is 0 Å². The van der Waals surface area contributed by atoms with Crippen molar-refractivity contribution in [1.29, 1.82) is 0 Å². The number of hydrogen-bond acceptors (Lipinski definition) is 4. The summed E-state index contributed by atoms with van der Waals surface area (Å²) in [4.78, 5) is 26.6. The van der Waals surface area contributed by atoms with E-state index in [9.17, 15) is 9.59 Å². The molecular weight excluding hydrogens is 366 g/mol. The Kier molecular flexibility index (Phi) is 5.72. The third kappa shape index (κ3) is 4.55. The van der Waals surface area contributed by atoms with Crippen LogP contribution in [-0.2, 0) is 9.53 Å². The maximum Gasteiger partial charge on any atom is 0.254 e. The predicted octanol–water partition coefficient (Wildman–Crippen LogP) is 3.36. The van der Waals surface area contributed by atoms with Crippen molar-refractivity contribution < 1.29 is 14.3 Å². The predicted molar refractivity (Wildman–Crippen MR) is 114 cm³/mol. The Morgan fingerprint density at radius 2 is 1.62 bits per heavy atom. The normalized spacial score (nSPS) is 13.9. The molecule has 0 bridgehead atoms. The minimum absolute atomic E-state index is 0.00792. The lowest BCUT2D eigenvalue weighted by Gasteiger charge is -2.26. The van der Waals surface area contributed by atoms with Crippen molar-refractivity contribution in [2.75, 3.05) is 43.5 Å². The largest absolute Gasteiger partial charge is 0.378 e. The molecule has 0 aliphatic carbocycles. The average Bonchev–Trinajstić information content (AvgIpc) is 2.78. The number of rotatable bonds is 5. The highest BCUT2D eigenvalue weighted by molar-refractivity contribution is 6.03. The molecule has 6 nitrogen and oxygen atoms in total. The van der Waals surface area contributed by atoms with E-state index in [1.165, 1.54) is 0 Å². The van der Waals surface area contributed by atoms with E-state index in [2.05, 4.69) is 10.6 Å². The first kappa shape index (κ1) is 19.0. The zero-order chi connectivity index (χ0) is 20.1. The number of amides is 2. The number of carbonyl (C=O) groups excluding carboxylic acids is 2. The van der Waals surface area contributed by atoms with Gasteiger partial charge in [0.1, 0.15) is 0 Å². The summed E-state index contributed by atoms with van der Waals surface area (Å²) in [5.74, 6) is -0.122. The standard InChI is InChI=1S/C23H23N3O3/c27-22(25-21-7-3-5-17-4-1-2-6-20(17)21)16-24-19-10-8-18(9-11-19)23(28)26-12-14-29-15-13-26/h1-11,24H,12-16H2,(H,25,27). The molecular formula is C23H23N3O3. The molecule has 0 spiro atoms. The molecule has 1 aliphatic rings. The number of anilines is 2. The first-order valence-corrected chi connectivity index (χ1v) is 9.69. The van der Waals surface area contributed by atoms with Crippen molar-refractivity contribution in [2.45, 2.75) is 0 Å². The van der Waals surface area contributed by atoms with Gasteiger partial charge in [0.2, 0.25) is 5.91 Å². The van der Waals surface area contributed by atoms with Crippen molar-refractivity contribution in [1.82, 2.24) is 4.90 Å². The molecule has 1 aliphatic heterocycles. The van der Waals surface area contributed by atoms with Crippen molar-refractivity contribution in [2.24, 2.45) is 0 Å². The molecule has 1 fully saturated rings. The summed E-state index contributed by atoms with van der Waals surface area (Å²) in [6.45, 7) is 2.54. The lowest BCUT2D eigenvalue weighted by molar-refractivity contribution is -0.114. The molecule has 6 heteroatoms. The van der Waals surface area contributed by atoms with Gasteiger partial charge in [0, 0.05) is 35.4 Å². The number of benzene rings is 3. The Balaban J connectivity index is 1.34. The van der Waals surface area contributed by atoms with Gasteiger partial charge in [-0.05, 0) is 35.7 Å². The molecule has 0 atom stereocenters. The molecule has 148 valence electrons. The van der Waals surface area contributed by atoms with Crippen LogP contribution < -0.4 is 10.6 Å². The van der Waals surface area contributed by atoms with Crippen LogP contribution in [-0.4, -0.2) is 49.6 Å². The summed E-state index contributed by atoms with van der Waals surface area (Å²) in [5.41, 5.74) is 2.22. The highest BCUT2D eigenvalue weighted by Crippen LogP contribution is 2.22. The fraction of sp³-hybridized carbons (Fsp3) is 0.217. The fourth-order valence-corrected chi connectivity index (χ4v) is 3.39. The molecule has 1 saturated heterocycles. The Labute approximate surface area is 169 Å². The molecule has 1 heterocycles. The molecule has 0 aromatic heterocycles. The van der Waals surface area contributed by atoms with Gasteiger partial charge in [0.15, 0.2) is 0 Å². The highest BCUT2D eigenvalue weighted by atomic mass is 16.5. The van der Waals surface area contributed by atoms with Gasteiger partial charge in [-0.2, -0.15) is 0 Å². The number of hydrogen-bond donors (Lipinski definition) is 2. The number of morpholine rings is 1. The van der Waals surface area contributed by atoms with Crippen LogP contribution in [0.4, 0.5) is 11.4 Å². The van der Waals surface area contributed by atoms with E-state index in [1.54, 1.807) is 17.0 Å². The van der Waals surface area contributed by atoms with Crippen LogP contribution in [0.3, 0.4) is 0 Å². The number of ether oxygens (including phenoxy) is 1. The maximum atomic E-state index is 12.5. The fourth-order valence-electron chi connectivity index (χ4n) is 3.39. The van der Waals surface area contributed by atoms with Gasteiger partial charge in [-0.25, -0.2) is 0 Å². The number of nitrogens with zero attached hydrogens (tertiary/aromatic N) is 1. The van der Waals surface area contributed by atoms with E-state index in [0.717, 1.165) is 22.1 Å². The molecule has 3 aromatic rings. The van der Waals surface area contributed by atoms with Crippen molar-refractivity contribution in [3.05, 3.63) is 72.3 Å². The second-order valence-electron chi connectivity index (χ2n) is 6.91. The van der Waals surface area contributed by atoms with Gasteiger partial charge < -0.3 is 20.3 Å². The summed E-state index contributed by atoms with van der Waals surface area (Å²) >= 11 is 0. The number of carbonyl (C=O) groups is 2. The van der Waals surface area contributed by atoms with Gasteiger partial charge in [0.05, 0.1) is 19.8 Å². The molecule has 2 amide bonds. The van der Waals surface area contributed by atoms with Gasteiger partial charge in [-0.3, -0.25) is 9.59 Å². The van der Waals surface area contributed by atoms with E-state index in [1.807, 2.05) is 54.6 Å². The van der Waals surface area contributed by atoms with Crippen molar-refractivity contribution in [3.63, 3.8) is 0 Å². The molecule has 29 heavy (non-hydrogen) atoms. The van der Waals surface area contributed by atoms with Gasteiger partial charge in [-0.15, -0.1) is 0 Å². The summed E-state index contributed by atoms with van der Waals surface area (Å²) < 4.78 is 5.28. The van der Waals surface area contributed by atoms with Gasteiger partial charge >= 0.3 is 0 Å². The smallest absolute Gasteiger partial charge is 0.254 e. The van der Waals surface area contributed by atoms with Crippen LogP contribution in [0.5, 0.6) is 0 Å². The SMILES string of the molecule is O=C(CNc1ccc(C(=O)N2CCOCC2)cc1)Nc1cccc2ccccc12. The topological polar surface area (TPSA) is 70.7 Å². The van der Waals surface area contributed by atoms with E-state index in [0.29, 0.717) is 31.9 Å². The van der Waals surface area contributed by atoms with Crippen LogP contribution in [0.15, 0.2) is 66.7 Å². The first-order chi connectivity index (χ1) is 14.2. The molecule has 0 saturated carbocycles. The molecule has 4 rings (SSSR count). The Morgan fingerprint density at radius 3 is 2.41 bits per heavy atom. The minimum Gasteiger partial charge on any atom is -0.378 e. The summed E-state index contributed by atoms with van der Waals surface area (Å²) in [7, 11) is 0. The lowest BCUT2D eigenvalue weighted by atomic mass is 10.1. The number of fused-ring (bicyclic) bond motifs is 1. The maximum absolute atomic E-state index is 12.5. The Morgan fingerprint density at radius 1 is 0.897 bits per heavy atom. The quantitative estimate of drug-likeness (QED) is 0.702. The third-order valence-corrected chi connectivity index (χ3v) is 4.95. The molecule has 0 unspecified atom stereocenters. The van der Waals surface area contributed by atoms with E-state index in [-0.39, 0.29) is 18.4 Å². The van der Waals surface area contributed by atoms with Gasteiger partial charge in [-0.1, -0.05) is 36.4 Å². The van der Waals surface area contributed by atoms with Crippen LogP contribution in [0.2, 0.25) is 0 Å². The first-order valence-electron chi connectivity index (χ1n) is 9.69. The highest BCUT2D eigenvalue weighted by Gasteiger charge is 2.18. The summed E-state index contributed by atoms with van der Waals surface area (Å²) in [6.07, 6.45) is 0. The zero-order valence-corrected chi connectivity index (χ0v) is 16.1. The van der Waals surface area contributed by atoms with E-state index >= 15 is 0 Å². The van der Waals surface area contributed by atoms with Crippen LogP contribution in [0.25, 0.3) is 10.8 Å². The molecule has 2 N–H and O–H groups in total. The Hall–Kier alpha value is -3.38. The third-order valence-electron chi connectivity index (χ3n) is 4.95. The monoisotopic (exact) mass is 389 g/mol. The second kappa shape index (κ2) is 8.75. The zero-order valence-electron chi connectivity index (χ0n) is 16.1. The van der Waals surface area contributed by atoms with Crippen molar-refractivity contribution in [3.8, 4) is 0 Å². The van der Waals surface area contributed by atoms with Crippen LogP contribution >= 0.6 is 0 Å². The minimum atomic E-state index is -0.130. The van der Waals surface area contributed by atoms with E-state index in [4.69, 9.17) is 4.74 Å². The summed E-state index contributed by atoms with van der Waals surface area (Å²) in [5, 5.41) is 8.15. The van der Waals surface area contributed by atoms with Crippen LogP contribution in [0.1, 0.15) is 10.4 Å². The van der Waals surface area contributed by atoms with Gasteiger partial charge in [0.25, 0.3) is 5.91 Å². The molecule has 0 radical (unpaired) electrons. The van der Waals surface area contributed by atoms with Crippen molar-refractivity contribution >= 4 is 34.0 Å².